The lowest BCUT2D eigenvalue weighted by Gasteiger charge is -2.10. The lowest BCUT2D eigenvalue weighted by molar-refractivity contribution is 0.101. The van der Waals surface area contributed by atoms with Gasteiger partial charge in [-0.1, -0.05) is 48.0 Å². The molecule has 8 heteroatoms. The van der Waals surface area contributed by atoms with Crippen molar-refractivity contribution in [2.45, 2.75) is 6.92 Å². The smallest absolute Gasteiger partial charge is 0.295 e. The first-order valence-electron chi connectivity index (χ1n) is 9.82. The summed E-state index contributed by atoms with van der Waals surface area (Å²) in [5, 5.41) is 7.89. The van der Waals surface area contributed by atoms with Crippen molar-refractivity contribution in [1.29, 1.82) is 0 Å². The molecule has 0 aliphatic heterocycles. The largest absolute Gasteiger partial charge is 0.497 e. The molecule has 0 radical (unpaired) electrons. The molecule has 7 nitrogen and oxygen atoms in total. The zero-order valence-corrected chi connectivity index (χ0v) is 18.6. The molecule has 0 spiro atoms. The molecule has 1 aromatic heterocycles. The monoisotopic (exact) mass is 448 g/mol. The maximum absolute atomic E-state index is 13.1. The number of rotatable bonds is 6. The number of methoxy groups -OCH3 is 2. The van der Waals surface area contributed by atoms with E-state index in [4.69, 9.17) is 21.1 Å². The minimum Gasteiger partial charge on any atom is -0.497 e. The molecule has 0 aliphatic rings. The van der Waals surface area contributed by atoms with Crippen molar-refractivity contribution < 1.29 is 14.3 Å². The van der Waals surface area contributed by atoms with Gasteiger partial charge in [0.1, 0.15) is 11.5 Å². The van der Waals surface area contributed by atoms with Crippen molar-refractivity contribution in [3.63, 3.8) is 0 Å². The summed E-state index contributed by atoms with van der Waals surface area (Å²) in [6.45, 7) is 1.95. The molecule has 3 aromatic carbocycles. The van der Waals surface area contributed by atoms with Crippen molar-refractivity contribution >= 4 is 23.2 Å². The van der Waals surface area contributed by atoms with Gasteiger partial charge in [-0.2, -0.15) is 0 Å². The first-order valence-corrected chi connectivity index (χ1v) is 10.2. The number of carbonyl (C=O) groups is 1. The van der Waals surface area contributed by atoms with Crippen LogP contribution < -0.4 is 14.8 Å². The second-order valence-electron chi connectivity index (χ2n) is 6.99. The van der Waals surface area contributed by atoms with Crippen LogP contribution in [0.4, 0.5) is 5.69 Å². The third-order valence-corrected chi connectivity index (χ3v) is 5.13. The number of anilines is 1. The molecule has 1 N–H and O–H groups in total. The summed E-state index contributed by atoms with van der Waals surface area (Å²) in [5.41, 5.74) is 2.95. The fraction of sp³-hybridized carbons (Fsp3) is 0.125. The van der Waals surface area contributed by atoms with Crippen LogP contribution in [0.25, 0.3) is 17.1 Å². The Morgan fingerprint density at radius 1 is 1.00 bits per heavy atom. The molecule has 0 aliphatic carbocycles. The van der Waals surface area contributed by atoms with Crippen molar-refractivity contribution in [2.24, 2.45) is 0 Å². The van der Waals surface area contributed by atoms with Gasteiger partial charge < -0.3 is 14.8 Å². The minimum atomic E-state index is -0.479. The molecular formula is C24H21ClN4O3. The van der Waals surface area contributed by atoms with Crippen LogP contribution in [0.3, 0.4) is 0 Å². The molecule has 0 fully saturated rings. The summed E-state index contributed by atoms with van der Waals surface area (Å²) in [4.78, 5) is 17.6. The first kappa shape index (κ1) is 21.4. The molecule has 162 valence electrons. The Kier molecular flexibility index (Phi) is 6.09. The Balaban J connectivity index is 1.78. The zero-order chi connectivity index (χ0) is 22.7. The Labute approximate surface area is 190 Å². The van der Waals surface area contributed by atoms with E-state index in [1.165, 1.54) is 7.11 Å². The van der Waals surface area contributed by atoms with E-state index < -0.39 is 5.91 Å². The summed E-state index contributed by atoms with van der Waals surface area (Å²) in [6, 6.07) is 20.2. The number of nitrogens with zero attached hydrogens (tertiary/aromatic N) is 3. The van der Waals surface area contributed by atoms with Gasteiger partial charge in [-0.05, 0) is 36.8 Å². The van der Waals surface area contributed by atoms with Crippen molar-refractivity contribution in [3.8, 4) is 28.6 Å². The number of carbonyl (C=O) groups excluding carboxylic acids is 1. The molecule has 0 saturated heterocycles. The minimum absolute atomic E-state index is 0.00750. The molecule has 4 aromatic rings. The summed E-state index contributed by atoms with van der Waals surface area (Å²) in [5.74, 6) is 1.13. The highest BCUT2D eigenvalue weighted by atomic mass is 35.5. The van der Waals surface area contributed by atoms with E-state index in [9.17, 15) is 4.79 Å². The topological polar surface area (TPSA) is 78.3 Å². The predicted molar refractivity (Wildman–Crippen MR) is 124 cm³/mol. The van der Waals surface area contributed by atoms with Crippen molar-refractivity contribution in [3.05, 3.63) is 83.1 Å². The van der Waals surface area contributed by atoms with Crippen LogP contribution in [0.15, 0.2) is 66.7 Å². The number of aryl methyl sites for hydroxylation is 1. The van der Waals surface area contributed by atoms with Gasteiger partial charge in [-0.15, -0.1) is 5.10 Å². The van der Waals surface area contributed by atoms with Gasteiger partial charge in [-0.25, -0.2) is 9.67 Å². The molecule has 4 rings (SSSR count). The van der Waals surface area contributed by atoms with Crippen LogP contribution >= 0.6 is 11.6 Å². The molecule has 0 saturated carbocycles. The quantitative estimate of drug-likeness (QED) is 0.440. The van der Waals surface area contributed by atoms with E-state index in [0.717, 1.165) is 16.8 Å². The van der Waals surface area contributed by atoms with Crippen LogP contribution in [0.5, 0.6) is 11.5 Å². The average molecular weight is 449 g/mol. The maximum Gasteiger partial charge on any atom is 0.295 e. The summed E-state index contributed by atoms with van der Waals surface area (Å²) >= 11 is 6.24. The molecule has 0 atom stereocenters. The number of nitrogens with one attached hydrogen (secondary N) is 1. The summed E-state index contributed by atoms with van der Waals surface area (Å²) in [7, 11) is 3.08. The van der Waals surface area contributed by atoms with E-state index in [-0.39, 0.29) is 5.82 Å². The molecule has 32 heavy (non-hydrogen) atoms. The van der Waals surface area contributed by atoms with Gasteiger partial charge in [0.25, 0.3) is 5.91 Å². The van der Waals surface area contributed by atoms with Gasteiger partial charge in [0, 0.05) is 16.7 Å². The number of ether oxygens (including phenoxy) is 2. The Hall–Kier alpha value is -3.84. The lowest BCUT2D eigenvalue weighted by Crippen LogP contribution is -2.15. The van der Waals surface area contributed by atoms with Gasteiger partial charge in [0.2, 0.25) is 5.82 Å². The van der Waals surface area contributed by atoms with Gasteiger partial charge in [-0.3, -0.25) is 4.79 Å². The molecule has 1 heterocycles. The maximum atomic E-state index is 13.1. The SMILES string of the molecule is COc1ccc(OC)c(NC(=O)c2nc(-c3ccccc3)n(-c3cc(Cl)ccc3C)n2)c1. The summed E-state index contributed by atoms with van der Waals surface area (Å²) in [6.07, 6.45) is 0. The Morgan fingerprint density at radius 3 is 2.50 bits per heavy atom. The predicted octanol–water partition coefficient (Wildman–Crippen LogP) is 5.17. The van der Waals surface area contributed by atoms with Gasteiger partial charge in [0.15, 0.2) is 5.82 Å². The zero-order valence-electron chi connectivity index (χ0n) is 17.8. The number of hydrogen-bond acceptors (Lipinski definition) is 5. The average Bonchev–Trinajstić information content (AvgIpc) is 3.26. The number of benzene rings is 3. The third-order valence-electron chi connectivity index (χ3n) is 4.90. The van der Waals surface area contributed by atoms with Crippen LogP contribution in [-0.4, -0.2) is 34.9 Å². The second-order valence-corrected chi connectivity index (χ2v) is 7.42. The van der Waals surface area contributed by atoms with E-state index in [1.807, 2.05) is 49.4 Å². The normalized spacial score (nSPS) is 10.6. The van der Waals surface area contributed by atoms with Gasteiger partial charge in [0.05, 0.1) is 25.6 Å². The van der Waals surface area contributed by atoms with Crippen LogP contribution in [0.2, 0.25) is 5.02 Å². The van der Waals surface area contributed by atoms with Crippen LogP contribution in [-0.2, 0) is 0 Å². The van der Waals surface area contributed by atoms with Crippen molar-refractivity contribution in [1.82, 2.24) is 14.8 Å². The van der Waals surface area contributed by atoms with E-state index in [2.05, 4.69) is 15.4 Å². The van der Waals surface area contributed by atoms with E-state index >= 15 is 0 Å². The molecule has 0 bridgehead atoms. The molecular weight excluding hydrogens is 428 g/mol. The van der Waals surface area contributed by atoms with Crippen LogP contribution in [0, 0.1) is 6.92 Å². The van der Waals surface area contributed by atoms with E-state index in [1.54, 1.807) is 36.1 Å². The third kappa shape index (κ3) is 4.29. The second kappa shape index (κ2) is 9.11. The summed E-state index contributed by atoms with van der Waals surface area (Å²) < 4.78 is 12.2. The lowest BCUT2D eigenvalue weighted by atomic mass is 10.2. The Morgan fingerprint density at radius 2 is 1.78 bits per heavy atom. The van der Waals surface area contributed by atoms with Crippen LogP contribution in [0.1, 0.15) is 16.2 Å². The molecule has 1 amide bonds. The first-order chi connectivity index (χ1) is 15.5. The van der Waals surface area contributed by atoms with E-state index in [0.29, 0.717) is 28.0 Å². The highest BCUT2D eigenvalue weighted by molar-refractivity contribution is 6.30. The van der Waals surface area contributed by atoms with Gasteiger partial charge >= 0.3 is 0 Å². The van der Waals surface area contributed by atoms with Crippen molar-refractivity contribution in [2.75, 3.05) is 19.5 Å². The standard InChI is InChI=1S/C24H21ClN4O3/c1-15-9-10-17(25)13-20(15)29-23(16-7-5-4-6-8-16)27-22(28-29)24(30)26-19-14-18(31-2)11-12-21(19)32-3/h4-14H,1-3H3,(H,26,30). The number of amides is 1. The number of hydrogen-bond donors (Lipinski definition) is 1. The fourth-order valence-corrected chi connectivity index (χ4v) is 3.42. The Bertz CT molecular complexity index is 1270. The highest BCUT2D eigenvalue weighted by Gasteiger charge is 2.21. The highest BCUT2D eigenvalue weighted by Crippen LogP contribution is 2.30. The fourth-order valence-electron chi connectivity index (χ4n) is 3.25. The number of aromatic nitrogens is 3. The molecule has 0 unspecified atom stereocenters. The number of halogens is 1.